The molecule has 0 N–H and O–H groups in total. The highest BCUT2D eigenvalue weighted by atomic mass is 35.5. The van der Waals surface area contributed by atoms with E-state index in [0.717, 1.165) is 49.8 Å². The summed E-state index contributed by atoms with van der Waals surface area (Å²) in [7, 11) is 0. The molecule has 0 spiro atoms. The molecule has 3 aromatic rings. The maximum Gasteiger partial charge on any atom is 0.226 e. The van der Waals surface area contributed by atoms with Crippen molar-refractivity contribution in [3.05, 3.63) is 40.1 Å². The lowest BCUT2D eigenvalue weighted by atomic mass is 9.92. The summed E-state index contributed by atoms with van der Waals surface area (Å²) < 4.78 is 7.61. The molecule has 0 aliphatic carbocycles. The zero-order valence-electron chi connectivity index (χ0n) is 21.4. The van der Waals surface area contributed by atoms with Crippen LogP contribution in [-0.2, 0) is 11.3 Å². The summed E-state index contributed by atoms with van der Waals surface area (Å²) in [4.78, 5) is 14.1. The summed E-state index contributed by atoms with van der Waals surface area (Å²) in [6.07, 6.45) is 3.32. The largest absolute Gasteiger partial charge is 0.376 e. The molecule has 1 aromatic carbocycles. The van der Waals surface area contributed by atoms with Crippen molar-refractivity contribution in [1.82, 2.24) is 29.9 Å². The van der Waals surface area contributed by atoms with Crippen LogP contribution in [0.3, 0.4) is 0 Å². The Kier molecular flexibility index (Phi) is 7.67. The molecule has 4 heterocycles. The Balaban J connectivity index is 1.42. The highest BCUT2D eigenvalue weighted by molar-refractivity contribution is 6.30. The summed E-state index contributed by atoms with van der Waals surface area (Å²) >= 11 is 12.6. The van der Waals surface area contributed by atoms with Gasteiger partial charge in [0.05, 0.1) is 12.6 Å². The topological polar surface area (TPSA) is 72.2 Å². The summed E-state index contributed by atoms with van der Waals surface area (Å²) in [5.41, 5.74) is 2.67. The Morgan fingerprint density at radius 1 is 1.06 bits per heavy atom. The van der Waals surface area contributed by atoms with Crippen molar-refractivity contribution in [2.24, 2.45) is 5.92 Å². The zero-order chi connectivity index (χ0) is 25.4. The first-order valence-corrected chi connectivity index (χ1v) is 13.7. The Morgan fingerprint density at radius 2 is 1.83 bits per heavy atom. The average molecular weight is 533 g/mol. The van der Waals surface area contributed by atoms with Gasteiger partial charge in [-0.2, -0.15) is 9.97 Å². The quantitative estimate of drug-likeness (QED) is 0.378. The number of nitrogens with zero attached hydrogens (tertiary/aromatic N) is 7. The first-order chi connectivity index (χ1) is 17.3. The number of hydrogen-bond donors (Lipinski definition) is 0. The fourth-order valence-corrected chi connectivity index (χ4v) is 5.88. The summed E-state index contributed by atoms with van der Waals surface area (Å²) in [5.74, 6) is 1.33. The third-order valence-corrected chi connectivity index (χ3v) is 7.79. The molecule has 36 heavy (non-hydrogen) atoms. The van der Waals surface area contributed by atoms with Crippen LogP contribution >= 0.6 is 23.2 Å². The lowest BCUT2D eigenvalue weighted by molar-refractivity contribution is 0.0944. The van der Waals surface area contributed by atoms with Gasteiger partial charge < -0.3 is 9.64 Å². The standard InChI is InChI=1S/C26H35Cl2N7O/c1-16(2)12-22(19-7-9-20(27)10-8-19)33-13-18(4)34(14-17(33)3)24-23-25(30-26(28)29-24)35(32-31-23)15-21-6-5-11-36-21/h7-10,16-18,21-22H,5-6,11-15H2,1-4H3/t17-,18+,21+,22?/m1/s1. The lowest BCUT2D eigenvalue weighted by Crippen LogP contribution is -2.57. The van der Waals surface area contributed by atoms with Gasteiger partial charge in [0.25, 0.3) is 0 Å². The van der Waals surface area contributed by atoms with Gasteiger partial charge >= 0.3 is 0 Å². The molecule has 8 nitrogen and oxygen atoms in total. The maximum atomic E-state index is 6.43. The molecule has 4 atom stereocenters. The second-order valence-corrected chi connectivity index (χ2v) is 11.4. The predicted molar refractivity (Wildman–Crippen MR) is 144 cm³/mol. The number of halogens is 2. The van der Waals surface area contributed by atoms with Crippen molar-refractivity contribution in [3.63, 3.8) is 0 Å². The average Bonchev–Trinajstić information content (AvgIpc) is 3.49. The van der Waals surface area contributed by atoms with E-state index < -0.39 is 0 Å². The number of anilines is 1. The predicted octanol–water partition coefficient (Wildman–Crippen LogP) is 5.39. The van der Waals surface area contributed by atoms with E-state index >= 15 is 0 Å². The van der Waals surface area contributed by atoms with Gasteiger partial charge in [-0.25, -0.2) is 4.68 Å². The van der Waals surface area contributed by atoms with E-state index in [0.29, 0.717) is 35.7 Å². The van der Waals surface area contributed by atoms with Crippen LogP contribution in [0.1, 0.15) is 58.6 Å². The SMILES string of the molecule is CC(C)CC(c1ccc(Cl)cc1)N1C[C@H](C)N(c2nc(Cl)nc3c2nnn3C[C@@H]2CCCO2)C[C@H]1C. The van der Waals surface area contributed by atoms with Gasteiger partial charge in [-0.15, -0.1) is 5.10 Å². The van der Waals surface area contributed by atoms with E-state index in [1.807, 2.05) is 16.8 Å². The highest BCUT2D eigenvalue weighted by Crippen LogP contribution is 2.35. The van der Waals surface area contributed by atoms with Crippen molar-refractivity contribution in [2.45, 2.75) is 77.7 Å². The molecule has 2 aliphatic heterocycles. The third kappa shape index (κ3) is 5.32. The molecule has 0 saturated carbocycles. The molecule has 5 rings (SSSR count). The fraction of sp³-hybridized carbons (Fsp3) is 0.615. The van der Waals surface area contributed by atoms with E-state index in [2.05, 4.69) is 69.9 Å². The molecule has 0 bridgehead atoms. The normalized spacial score (nSPS) is 24.2. The minimum absolute atomic E-state index is 0.139. The number of ether oxygens (including phenoxy) is 1. The Labute approximate surface area is 222 Å². The van der Waals surface area contributed by atoms with Crippen LogP contribution < -0.4 is 4.90 Å². The number of fused-ring (bicyclic) bond motifs is 1. The molecule has 2 aromatic heterocycles. The molecule has 0 radical (unpaired) electrons. The van der Waals surface area contributed by atoms with Gasteiger partial charge in [0.1, 0.15) is 0 Å². The molecule has 2 fully saturated rings. The molecule has 2 saturated heterocycles. The van der Waals surface area contributed by atoms with Crippen LogP contribution in [0.25, 0.3) is 11.2 Å². The number of hydrogen-bond acceptors (Lipinski definition) is 7. The first kappa shape index (κ1) is 25.6. The summed E-state index contributed by atoms with van der Waals surface area (Å²) in [6, 6.07) is 9.15. The number of aromatic nitrogens is 5. The Hall–Kier alpha value is -2.00. The minimum atomic E-state index is 0.139. The van der Waals surface area contributed by atoms with Crippen molar-refractivity contribution in [2.75, 3.05) is 24.6 Å². The fourth-order valence-electron chi connectivity index (χ4n) is 5.60. The summed E-state index contributed by atoms with van der Waals surface area (Å²) in [6.45, 7) is 12.2. The Bertz CT molecular complexity index is 1180. The van der Waals surface area contributed by atoms with Gasteiger partial charge in [0, 0.05) is 42.8 Å². The highest BCUT2D eigenvalue weighted by Gasteiger charge is 2.36. The molecular weight excluding hydrogens is 497 g/mol. The van der Waals surface area contributed by atoms with Crippen molar-refractivity contribution >= 4 is 40.2 Å². The van der Waals surface area contributed by atoms with Gasteiger partial charge in [0.15, 0.2) is 17.0 Å². The van der Waals surface area contributed by atoms with Gasteiger partial charge in [-0.1, -0.05) is 42.8 Å². The van der Waals surface area contributed by atoms with E-state index in [9.17, 15) is 0 Å². The molecule has 10 heteroatoms. The van der Waals surface area contributed by atoms with Crippen LogP contribution in [-0.4, -0.2) is 67.7 Å². The number of piperazine rings is 1. The minimum Gasteiger partial charge on any atom is -0.376 e. The van der Waals surface area contributed by atoms with Crippen LogP contribution in [0.4, 0.5) is 5.82 Å². The number of rotatable bonds is 7. The lowest BCUT2D eigenvalue weighted by Gasteiger charge is -2.48. The summed E-state index contributed by atoms with van der Waals surface area (Å²) in [5, 5.41) is 9.88. The van der Waals surface area contributed by atoms with Crippen molar-refractivity contribution in [3.8, 4) is 0 Å². The van der Waals surface area contributed by atoms with Crippen LogP contribution in [0, 0.1) is 5.92 Å². The van der Waals surface area contributed by atoms with Crippen LogP contribution in [0.2, 0.25) is 10.3 Å². The molecular formula is C26H35Cl2N7O. The van der Waals surface area contributed by atoms with Gasteiger partial charge in [-0.3, -0.25) is 4.90 Å². The molecule has 2 aliphatic rings. The van der Waals surface area contributed by atoms with Gasteiger partial charge in [0.2, 0.25) is 5.28 Å². The monoisotopic (exact) mass is 531 g/mol. The second-order valence-electron chi connectivity index (χ2n) is 10.6. The van der Waals surface area contributed by atoms with E-state index in [1.165, 1.54) is 5.56 Å². The number of benzene rings is 1. The zero-order valence-corrected chi connectivity index (χ0v) is 23.0. The second kappa shape index (κ2) is 10.8. The molecule has 0 amide bonds. The smallest absolute Gasteiger partial charge is 0.226 e. The van der Waals surface area contributed by atoms with E-state index in [1.54, 1.807) is 0 Å². The van der Waals surface area contributed by atoms with Crippen LogP contribution in [0.5, 0.6) is 0 Å². The van der Waals surface area contributed by atoms with E-state index in [-0.39, 0.29) is 17.4 Å². The third-order valence-electron chi connectivity index (χ3n) is 7.37. The van der Waals surface area contributed by atoms with Gasteiger partial charge in [-0.05, 0) is 68.3 Å². The van der Waals surface area contributed by atoms with Crippen molar-refractivity contribution in [1.29, 1.82) is 0 Å². The molecule has 194 valence electrons. The molecule has 1 unspecified atom stereocenters. The van der Waals surface area contributed by atoms with E-state index in [4.69, 9.17) is 27.9 Å². The Morgan fingerprint density at radius 3 is 2.53 bits per heavy atom. The van der Waals surface area contributed by atoms with Crippen molar-refractivity contribution < 1.29 is 4.74 Å². The maximum absolute atomic E-state index is 6.43. The first-order valence-electron chi connectivity index (χ1n) is 13.0. The van der Waals surface area contributed by atoms with Crippen LogP contribution in [0.15, 0.2) is 24.3 Å².